The molecule has 4 nitrogen and oxygen atoms in total. The molecule has 0 saturated carbocycles. The maximum atomic E-state index is 4.66. The number of anilines is 1. The van der Waals surface area contributed by atoms with Gasteiger partial charge in [0.25, 0.3) is 0 Å². The molecule has 1 atom stereocenters. The van der Waals surface area contributed by atoms with Gasteiger partial charge in [0.1, 0.15) is 5.82 Å². The lowest BCUT2D eigenvalue weighted by atomic mass is 10.1. The van der Waals surface area contributed by atoms with Crippen molar-refractivity contribution < 1.29 is 0 Å². The largest absolute Gasteiger partial charge is 0.354 e. The molecule has 1 aromatic rings. The predicted octanol–water partition coefficient (Wildman–Crippen LogP) is 2.53. The topological polar surface area (TPSA) is 31.4 Å². The van der Waals surface area contributed by atoms with E-state index in [9.17, 15) is 0 Å². The third kappa shape index (κ3) is 4.68. The highest BCUT2D eigenvalue weighted by atomic mass is 15.3. The van der Waals surface area contributed by atoms with Crippen molar-refractivity contribution in [2.24, 2.45) is 5.92 Å². The molecule has 0 amide bonds. The highest BCUT2D eigenvalue weighted by Crippen LogP contribution is 2.17. The van der Waals surface area contributed by atoms with Crippen LogP contribution in [0.4, 0.5) is 5.82 Å². The van der Waals surface area contributed by atoms with Crippen LogP contribution in [0.1, 0.15) is 39.3 Å². The summed E-state index contributed by atoms with van der Waals surface area (Å²) in [5.41, 5.74) is 1.26. The van der Waals surface area contributed by atoms with Crippen LogP contribution >= 0.6 is 0 Å². The van der Waals surface area contributed by atoms with Crippen LogP contribution in [0, 0.1) is 5.92 Å². The van der Waals surface area contributed by atoms with E-state index < -0.39 is 0 Å². The Morgan fingerprint density at radius 3 is 2.38 bits per heavy atom. The van der Waals surface area contributed by atoms with Crippen molar-refractivity contribution in [3.63, 3.8) is 0 Å². The van der Waals surface area contributed by atoms with E-state index in [-0.39, 0.29) is 0 Å². The summed E-state index contributed by atoms with van der Waals surface area (Å²) in [6, 6.07) is 4.75. The van der Waals surface area contributed by atoms with E-state index in [1.165, 1.54) is 12.1 Å². The van der Waals surface area contributed by atoms with Crippen LogP contribution in [0.15, 0.2) is 18.3 Å². The van der Waals surface area contributed by atoms with Crippen LogP contribution in [-0.4, -0.2) is 49.2 Å². The number of rotatable bonds is 6. The summed E-state index contributed by atoms with van der Waals surface area (Å²) in [6.07, 6.45) is 2.02. The van der Waals surface area contributed by atoms with E-state index in [1.807, 2.05) is 6.20 Å². The van der Waals surface area contributed by atoms with Crippen LogP contribution in [0.3, 0.4) is 0 Å². The summed E-state index contributed by atoms with van der Waals surface area (Å²) in [7, 11) is 0. The SMILES string of the molecule is CCNC(C)c1ccc(N2CCN(CC(C)C)CC2)nc1. The van der Waals surface area contributed by atoms with E-state index >= 15 is 0 Å². The second-order valence-electron chi connectivity index (χ2n) is 6.41. The first-order valence-electron chi connectivity index (χ1n) is 8.26. The van der Waals surface area contributed by atoms with Crippen LogP contribution in [0.2, 0.25) is 0 Å². The summed E-state index contributed by atoms with van der Waals surface area (Å²) in [4.78, 5) is 9.62. The fraction of sp³-hybridized carbons (Fsp3) is 0.706. The van der Waals surface area contributed by atoms with Crippen molar-refractivity contribution in [1.82, 2.24) is 15.2 Å². The van der Waals surface area contributed by atoms with Gasteiger partial charge in [-0.05, 0) is 31.0 Å². The minimum Gasteiger partial charge on any atom is -0.354 e. The molecular formula is C17H30N4. The van der Waals surface area contributed by atoms with E-state index in [0.717, 1.165) is 44.5 Å². The minimum atomic E-state index is 0.374. The van der Waals surface area contributed by atoms with E-state index in [2.05, 4.69) is 59.9 Å². The standard InChI is InChI=1S/C17H30N4/c1-5-18-15(4)16-6-7-17(19-12-16)21-10-8-20(9-11-21)13-14(2)3/h6-7,12,14-15,18H,5,8-11,13H2,1-4H3. The molecule has 2 rings (SSSR count). The van der Waals surface area contributed by atoms with Gasteiger partial charge in [0.15, 0.2) is 0 Å². The quantitative estimate of drug-likeness (QED) is 0.872. The molecule has 4 heteroatoms. The molecule has 0 aliphatic carbocycles. The maximum Gasteiger partial charge on any atom is 0.128 e. The Kier molecular flexibility index (Phi) is 6.00. The smallest absolute Gasteiger partial charge is 0.128 e. The van der Waals surface area contributed by atoms with Gasteiger partial charge in [0.05, 0.1) is 0 Å². The molecule has 0 spiro atoms. The summed E-state index contributed by atoms with van der Waals surface area (Å²) in [5, 5.41) is 3.42. The summed E-state index contributed by atoms with van der Waals surface area (Å²) < 4.78 is 0. The lowest BCUT2D eigenvalue weighted by Gasteiger charge is -2.36. The van der Waals surface area contributed by atoms with Gasteiger partial charge in [-0.2, -0.15) is 0 Å². The van der Waals surface area contributed by atoms with Crippen LogP contribution in [0.5, 0.6) is 0 Å². The third-order valence-electron chi connectivity index (χ3n) is 4.10. The zero-order valence-corrected chi connectivity index (χ0v) is 14.0. The van der Waals surface area contributed by atoms with Gasteiger partial charge < -0.3 is 10.2 Å². The van der Waals surface area contributed by atoms with Crippen LogP contribution in [-0.2, 0) is 0 Å². The van der Waals surface area contributed by atoms with Crippen molar-refractivity contribution in [2.45, 2.75) is 33.7 Å². The van der Waals surface area contributed by atoms with Gasteiger partial charge in [-0.1, -0.05) is 26.8 Å². The second kappa shape index (κ2) is 7.76. The lowest BCUT2D eigenvalue weighted by molar-refractivity contribution is 0.231. The molecule has 0 bridgehead atoms. The fourth-order valence-electron chi connectivity index (χ4n) is 2.94. The highest BCUT2D eigenvalue weighted by Gasteiger charge is 2.18. The Bertz CT molecular complexity index is 407. The number of aromatic nitrogens is 1. The van der Waals surface area contributed by atoms with Crippen molar-refractivity contribution in [2.75, 3.05) is 44.2 Å². The van der Waals surface area contributed by atoms with Gasteiger partial charge in [0.2, 0.25) is 0 Å². The van der Waals surface area contributed by atoms with Crippen molar-refractivity contribution >= 4 is 5.82 Å². The predicted molar refractivity (Wildman–Crippen MR) is 89.8 cm³/mol. The first-order valence-corrected chi connectivity index (χ1v) is 8.26. The number of nitrogens with zero attached hydrogens (tertiary/aromatic N) is 3. The molecule has 1 aromatic heterocycles. The number of nitrogens with one attached hydrogen (secondary N) is 1. The first-order chi connectivity index (χ1) is 10.1. The molecule has 0 aromatic carbocycles. The Hall–Kier alpha value is -1.13. The zero-order valence-electron chi connectivity index (χ0n) is 14.0. The van der Waals surface area contributed by atoms with Gasteiger partial charge in [-0.3, -0.25) is 4.90 Å². The van der Waals surface area contributed by atoms with Crippen LogP contribution in [0.25, 0.3) is 0 Å². The zero-order chi connectivity index (χ0) is 15.2. The third-order valence-corrected chi connectivity index (χ3v) is 4.10. The molecule has 21 heavy (non-hydrogen) atoms. The molecule has 1 saturated heterocycles. The molecule has 1 fully saturated rings. The van der Waals surface area contributed by atoms with E-state index in [4.69, 9.17) is 0 Å². The summed E-state index contributed by atoms with van der Waals surface area (Å²) in [5.74, 6) is 1.87. The van der Waals surface area contributed by atoms with Gasteiger partial charge >= 0.3 is 0 Å². The molecule has 1 aliphatic rings. The molecule has 1 aliphatic heterocycles. The Morgan fingerprint density at radius 1 is 1.14 bits per heavy atom. The number of hydrogen-bond donors (Lipinski definition) is 1. The average Bonchev–Trinajstić information content (AvgIpc) is 2.48. The van der Waals surface area contributed by atoms with E-state index in [0.29, 0.717) is 6.04 Å². The number of piperazine rings is 1. The molecule has 0 radical (unpaired) electrons. The first kappa shape index (κ1) is 16.2. The highest BCUT2D eigenvalue weighted by molar-refractivity contribution is 5.40. The van der Waals surface area contributed by atoms with Gasteiger partial charge in [-0.15, -0.1) is 0 Å². The van der Waals surface area contributed by atoms with Gasteiger partial charge in [-0.25, -0.2) is 4.98 Å². The monoisotopic (exact) mass is 290 g/mol. The number of hydrogen-bond acceptors (Lipinski definition) is 4. The Labute approximate surface area is 129 Å². The Morgan fingerprint density at radius 2 is 1.86 bits per heavy atom. The number of pyridine rings is 1. The average molecular weight is 290 g/mol. The Balaban J connectivity index is 1.89. The molecule has 1 N–H and O–H groups in total. The summed E-state index contributed by atoms with van der Waals surface area (Å²) >= 11 is 0. The minimum absolute atomic E-state index is 0.374. The molecule has 118 valence electrons. The van der Waals surface area contributed by atoms with Crippen molar-refractivity contribution in [1.29, 1.82) is 0 Å². The fourth-order valence-corrected chi connectivity index (χ4v) is 2.94. The van der Waals surface area contributed by atoms with E-state index in [1.54, 1.807) is 0 Å². The lowest BCUT2D eigenvalue weighted by Crippen LogP contribution is -2.47. The normalized spacial score (nSPS) is 18.2. The van der Waals surface area contributed by atoms with Crippen molar-refractivity contribution in [3.05, 3.63) is 23.9 Å². The molecule has 2 heterocycles. The van der Waals surface area contributed by atoms with Gasteiger partial charge in [0, 0.05) is 45.0 Å². The second-order valence-corrected chi connectivity index (χ2v) is 6.41. The summed E-state index contributed by atoms with van der Waals surface area (Å²) in [6.45, 7) is 15.6. The van der Waals surface area contributed by atoms with Crippen LogP contribution < -0.4 is 10.2 Å². The molecular weight excluding hydrogens is 260 g/mol. The van der Waals surface area contributed by atoms with Crippen molar-refractivity contribution in [3.8, 4) is 0 Å². The maximum absolute atomic E-state index is 4.66. The molecule has 1 unspecified atom stereocenters.